The van der Waals surface area contributed by atoms with Crippen LogP contribution in [0.4, 0.5) is 5.69 Å². The summed E-state index contributed by atoms with van der Waals surface area (Å²) in [7, 11) is 0. The average molecular weight is 356 g/mol. The minimum atomic E-state index is -0.952. The van der Waals surface area contributed by atoms with Gasteiger partial charge in [0.25, 0.3) is 5.91 Å². The van der Waals surface area contributed by atoms with Gasteiger partial charge in [-0.3, -0.25) is 9.59 Å². The highest BCUT2D eigenvalue weighted by Gasteiger charge is 2.27. The largest absolute Gasteiger partial charge is 0.448 e. The maximum Gasteiger partial charge on any atom is 0.355 e. The number of ketones is 1. The van der Waals surface area contributed by atoms with E-state index in [0.29, 0.717) is 23.4 Å². The maximum absolute atomic E-state index is 12.7. The SMILES string of the molecule is CCN(C(=O)[C@H](C)OC(=O)c1[nH]c(C)c(C(C)=O)c1C)c1ccccc1. The van der Waals surface area contributed by atoms with Gasteiger partial charge in [0.1, 0.15) is 5.69 Å². The van der Waals surface area contributed by atoms with Crippen molar-refractivity contribution < 1.29 is 19.1 Å². The van der Waals surface area contributed by atoms with Crippen LogP contribution < -0.4 is 4.90 Å². The van der Waals surface area contributed by atoms with Gasteiger partial charge in [0.2, 0.25) is 0 Å². The number of nitrogens with one attached hydrogen (secondary N) is 1. The third kappa shape index (κ3) is 3.85. The van der Waals surface area contributed by atoms with Crippen molar-refractivity contribution in [1.29, 1.82) is 0 Å². The predicted octanol–water partition coefficient (Wildman–Crippen LogP) is 3.43. The number of carbonyl (C=O) groups excluding carboxylic acids is 3. The van der Waals surface area contributed by atoms with Crippen LogP contribution in [-0.4, -0.2) is 35.3 Å². The Morgan fingerprint density at radius 2 is 1.77 bits per heavy atom. The Kier molecular flexibility index (Phi) is 5.97. The number of hydrogen-bond donors (Lipinski definition) is 1. The number of amides is 1. The van der Waals surface area contributed by atoms with Crippen molar-refractivity contribution in [2.75, 3.05) is 11.4 Å². The molecule has 0 spiro atoms. The van der Waals surface area contributed by atoms with Crippen LogP contribution in [0.2, 0.25) is 0 Å². The molecule has 1 aromatic heterocycles. The molecule has 26 heavy (non-hydrogen) atoms. The molecule has 0 aliphatic rings. The number of esters is 1. The number of aryl methyl sites for hydroxylation is 1. The van der Waals surface area contributed by atoms with Gasteiger partial charge < -0.3 is 14.6 Å². The van der Waals surface area contributed by atoms with E-state index in [0.717, 1.165) is 5.69 Å². The summed E-state index contributed by atoms with van der Waals surface area (Å²) in [6, 6.07) is 9.21. The molecule has 2 rings (SSSR count). The fourth-order valence-electron chi connectivity index (χ4n) is 3.05. The second kappa shape index (κ2) is 7.99. The number of ether oxygens (including phenoxy) is 1. The highest BCUT2D eigenvalue weighted by Crippen LogP contribution is 2.20. The number of nitrogens with zero attached hydrogens (tertiary/aromatic N) is 1. The number of likely N-dealkylation sites (N-methyl/N-ethyl adjacent to an activating group) is 1. The third-order valence-electron chi connectivity index (χ3n) is 4.28. The molecule has 1 heterocycles. The molecule has 1 aromatic carbocycles. The number of rotatable bonds is 6. The molecule has 0 unspecified atom stereocenters. The molecule has 0 saturated carbocycles. The molecule has 0 bridgehead atoms. The Hall–Kier alpha value is -2.89. The Balaban J connectivity index is 2.17. The van der Waals surface area contributed by atoms with Gasteiger partial charge in [-0.2, -0.15) is 0 Å². The average Bonchev–Trinajstić information content (AvgIpc) is 2.91. The summed E-state index contributed by atoms with van der Waals surface area (Å²) >= 11 is 0. The monoisotopic (exact) mass is 356 g/mol. The van der Waals surface area contributed by atoms with Gasteiger partial charge in [-0.1, -0.05) is 18.2 Å². The first-order valence-electron chi connectivity index (χ1n) is 8.55. The molecule has 0 saturated heterocycles. The fraction of sp³-hybridized carbons (Fsp3) is 0.350. The zero-order chi connectivity index (χ0) is 19.4. The van der Waals surface area contributed by atoms with E-state index in [9.17, 15) is 14.4 Å². The Morgan fingerprint density at radius 3 is 2.27 bits per heavy atom. The first-order valence-corrected chi connectivity index (χ1v) is 8.55. The molecular formula is C20H24N2O4. The minimum Gasteiger partial charge on any atom is -0.448 e. The van der Waals surface area contributed by atoms with E-state index < -0.39 is 12.1 Å². The summed E-state index contributed by atoms with van der Waals surface area (Å²) in [5.74, 6) is -1.08. The summed E-state index contributed by atoms with van der Waals surface area (Å²) in [6.45, 7) is 8.72. The number of H-pyrrole nitrogens is 1. The van der Waals surface area contributed by atoms with Crippen molar-refractivity contribution in [2.45, 2.75) is 40.7 Å². The van der Waals surface area contributed by atoms with Gasteiger partial charge in [0.05, 0.1) is 0 Å². The van der Waals surface area contributed by atoms with E-state index in [1.807, 2.05) is 37.3 Å². The van der Waals surface area contributed by atoms with Crippen molar-refractivity contribution in [3.63, 3.8) is 0 Å². The molecule has 1 amide bonds. The highest BCUT2D eigenvalue weighted by molar-refractivity contribution is 6.02. The van der Waals surface area contributed by atoms with Crippen LogP contribution in [0.5, 0.6) is 0 Å². The summed E-state index contributed by atoms with van der Waals surface area (Å²) in [4.78, 5) is 41.3. The lowest BCUT2D eigenvalue weighted by Crippen LogP contribution is -2.40. The predicted molar refractivity (Wildman–Crippen MR) is 99.6 cm³/mol. The Bertz CT molecular complexity index is 824. The van der Waals surface area contributed by atoms with Crippen molar-refractivity contribution in [3.8, 4) is 0 Å². The first kappa shape index (κ1) is 19.4. The fourth-order valence-corrected chi connectivity index (χ4v) is 3.05. The lowest BCUT2D eigenvalue weighted by atomic mass is 10.1. The van der Waals surface area contributed by atoms with Gasteiger partial charge in [-0.25, -0.2) is 4.79 Å². The van der Waals surface area contributed by atoms with Crippen LogP contribution in [0.3, 0.4) is 0 Å². The van der Waals surface area contributed by atoms with E-state index in [1.165, 1.54) is 6.92 Å². The Labute approximate surface area is 153 Å². The molecule has 138 valence electrons. The standard InChI is InChI=1S/C20H24N2O4/c1-6-22(16-10-8-7-9-11-16)19(24)15(5)26-20(25)18-12(2)17(14(4)23)13(3)21-18/h7-11,15,21H,6H2,1-5H3/t15-/m0/s1. The molecule has 1 N–H and O–H groups in total. The number of para-hydroxylation sites is 1. The zero-order valence-corrected chi connectivity index (χ0v) is 15.8. The van der Waals surface area contributed by atoms with Gasteiger partial charge in [0.15, 0.2) is 11.9 Å². The third-order valence-corrected chi connectivity index (χ3v) is 4.28. The van der Waals surface area contributed by atoms with Gasteiger partial charge in [0, 0.05) is 23.5 Å². The molecule has 6 heteroatoms. The number of aromatic nitrogens is 1. The number of Topliss-reactive ketones (excluding diaryl/α,β-unsaturated/α-hetero) is 1. The van der Waals surface area contributed by atoms with Crippen molar-refractivity contribution >= 4 is 23.3 Å². The van der Waals surface area contributed by atoms with E-state index in [2.05, 4.69) is 4.98 Å². The second-order valence-electron chi connectivity index (χ2n) is 6.15. The summed E-state index contributed by atoms with van der Waals surface area (Å²) in [5, 5.41) is 0. The van der Waals surface area contributed by atoms with E-state index in [-0.39, 0.29) is 17.4 Å². The normalized spacial score (nSPS) is 11.7. The van der Waals surface area contributed by atoms with Gasteiger partial charge >= 0.3 is 5.97 Å². The topological polar surface area (TPSA) is 79.5 Å². The number of benzene rings is 1. The minimum absolute atomic E-state index is 0.124. The van der Waals surface area contributed by atoms with Crippen LogP contribution in [0.25, 0.3) is 0 Å². The first-order chi connectivity index (χ1) is 12.3. The van der Waals surface area contributed by atoms with Crippen LogP contribution in [0, 0.1) is 13.8 Å². The number of aromatic amines is 1. The molecule has 0 aliphatic carbocycles. The lowest BCUT2D eigenvalue weighted by molar-refractivity contribution is -0.126. The van der Waals surface area contributed by atoms with Crippen molar-refractivity contribution in [3.05, 3.63) is 52.8 Å². The van der Waals surface area contributed by atoms with E-state index in [1.54, 1.807) is 25.7 Å². The molecular weight excluding hydrogens is 332 g/mol. The molecule has 0 fully saturated rings. The number of anilines is 1. The van der Waals surface area contributed by atoms with E-state index >= 15 is 0 Å². The van der Waals surface area contributed by atoms with Crippen LogP contribution in [0.1, 0.15) is 52.9 Å². The summed E-state index contributed by atoms with van der Waals surface area (Å²) in [5.41, 5.74) is 2.58. The Morgan fingerprint density at radius 1 is 1.15 bits per heavy atom. The lowest BCUT2D eigenvalue weighted by Gasteiger charge is -2.24. The molecule has 0 aliphatic heterocycles. The molecule has 0 radical (unpaired) electrons. The van der Waals surface area contributed by atoms with Gasteiger partial charge in [-0.15, -0.1) is 0 Å². The summed E-state index contributed by atoms with van der Waals surface area (Å²) in [6.07, 6.45) is -0.952. The van der Waals surface area contributed by atoms with E-state index in [4.69, 9.17) is 4.74 Å². The van der Waals surface area contributed by atoms with Gasteiger partial charge in [-0.05, 0) is 52.3 Å². The van der Waals surface area contributed by atoms with Crippen LogP contribution >= 0.6 is 0 Å². The van der Waals surface area contributed by atoms with Crippen molar-refractivity contribution in [1.82, 2.24) is 4.98 Å². The maximum atomic E-state index is 12.7. The van der Waals surface area contributed by atoms with Crippen molar-refractivity contribution in [2.24, 2.45) is 0 Å². The summed E-state index contributed by atoms with van der Waals surface area (Å²) < 4.78 is 5.36. The highest BCUT2D eigenvalue weighted by atomic mass is 16.5. The molecule has 6 nitrogen and oxygen atoms in total. The molecule has 1 atom stereocenters. The molecule has 2 aromatic rings. The number of hydrogen-bond acceptors (Lipinski definition) is 4. The van der Waals surface area contributed by atoms with Crippen LogP contribution in [0.15, 0.2) is 30.3 Å². The quantitative estimate of drug-likeness (QED) is 0.635. The number of carbonyl (C=O) groups is 3. The zero-order valence-electron chi connectivity index (χ0n) is 15.8. The van der Waals surface area contributed by atoms with Crippen LogP contribution in [-0.2, 0) is 9.53 Å². The smallest absolute Gasteiger partial charge is 0.355 e. The second-order valence-corrected chi connectivity index (χ2v) is 6.15.